The Labute approximate surface area is 132 Å². The molecule has 1 atom stereocenters. The molecule has 0 bridgehead atoms. The minimum Gasteiger partial charge on any atom is -0.309 e. The lowest BCUT2D eigenvalue weighted by molar-refractivity contribution is 0.181. The fourth-order valence-electron chi connectivity index (χ4n) is 3.09. The van der Waals surface area contributed by atoms with E-state index in [9.17, 15) is 4.39 Å². The van der Waals surface area contributed by atoms with Crippen molar-refractivity contribution in [2.45, 2.75) is 32.0 Å². The van der Waals surface area contributed by atoms with Crippen LogP contribution in [0.4, 0.5) is 4.39 Å². The van der Waals surface area contributed by atoms with Crippen LogP contribution in [-0.2, 0) is 13.1 Å². The molecule has 0 spiro atoms. The second kappa shape index (κ2) is 7.52. The largest absolute Gasteiger partial charge is 0.309 e. The molecule has 2 nitrogen and oxygen atoms in total. The van der Waals surface area contributed by atoms with Gasteiger partial charge in [0, 0.05) is 31.2 Å². The molecule has 0 amide bonds. The lowest BCUT2D eigenvalue weighted by atomic mass is 10.0. The molecule has 1 heterocycles. The summed E-state index contributed by atoms with van der Waals surface area (Å²) < 4.78 is 13.8. The van der Waals surface area contributed by atoms with E-state index in [0.29, 0.717) is 12.6 Å². The fourth-order valence-corrected chi connectivity index (χ4v) is 3.09. The first-order chi connectivity index (χ1) is 10.8. The molecule has 1 saturated heterocycles. The van der Waals surface area contributed by atoms with Crippen LogP contribution in [0.15, 0.2) is 54.6 Å². The highest BCUT2D eigenvalue weighted by Crippen LogP contribution is 2.16. The molecule has 0 aliphatic carbocycles. The third kappa shape index (κ3) is 4.15. The van der Waals surface area contributed by atoms with Gasteiger partial charge >= 0.3 is 0 Å². The first-order valence-electron chi connectivity index (χ1n) is 8.04. The van der Waals surface area contributed by atoms with Gasteiger partial charge in [-0.25, -0.2) is 4.39 Å². The molecule has 1 unspecified atom stereocenters. The third-order valence-corrected chi connectivity index (χ3v) is 4.29. The molecule has 1 fully saturated rings. The SMILES string of the molecule is Fc1ccccc1CN1CCCC(NCc2ccccc2)C1. The maximum Gasteiger partial charge on any atom is 0.127 e. The van der Waals surface area contributed by atoms with Gasteiger partial charge in [-0.1, -0.05) is 48.5 Å². The molecule has 116 valence electrons. The average Bonchev–Trinajstić information content (AvgIpc) is 2.57. The molecule has 3 heteroatoms. The van der Waals surface area contributed by atoms with Crippen molar-refractivity contribution in [3.8, 4) is 0 Å². The molecule has 3 rings (SSSR count). The quantitative estimate of drug-likeness (QED) is 0.907. The molecule has 1 aliphatic rings. The van der Waals surface area contributed by atoms with Crippen molar-refractivity contribution < 1.29 is 4.39 Å². The normalized spacial score (nSPS) is 19.2. The summed E-state index contributed by atoms with van der Waals surface area (Å²) in [5.41, 5.74) is 2.11. The lowest BCUT2D eigenvalue weighted by Crippen LogP contribution is -2.45. The van der Waals surface area contributed by atoms with Crippen molar-refractivity contribution in [1.29, 1.82) is 0 Å². The first kappa shape index (κ1) is 15.2. The summed E-state index contributed by atoms with van der Waals surface area (Å²) in [7, 11) is 0. The molecule has 22 heavy (non-hydrogen) atoms. The van der Waals surface area contributed by atoms with Crippen LogP contribution in [0.2, 0.25) is 0 Å². The predicted octanol–water partition coefficient (Wildman–Crippen LogP) is 3.58. The number of hydrogen-bond acceptors (Lipinski definition) is 2. The van der Waals surface area contributed by atoms with E-state index in [-0.39, 0.29) is 5.82 Å². The van der Waals surface area contributed by atoms with Gasteiger partial charge in [0.25, 0.3) is 0 Å². The van der Waals surface area contributed by atoms with Crippen LogP contribution < -0.4 is 5.32 Å². The zero-order valence-electron chi connectivity index (χ0n) is 12.8. The summed E-state index contributed by atoms with van der Waals surface area (Å²) in [5, 5.41) is 3.63. The summed E-state index contributed by atoms with van der Waals surface area (Å²) in [6.07, 6.45) is 2.36. The zero-order valence-corrected chi connectivity index (χ0v) is 12.8. The van der Waals surface area contributed by atoms with Crippen LogP contribution in [0.1, 0.15) is 24.0 Å². The van der Waals surface area contributed by atoms with Crippen molar-refractivity contribution in [3.63, 3.8) is 0 Å². The number of hydrogen-bond donors (Lipinski definition) is 1. The van der Waals surface area contributed by atoms with E-state index in [1.54, 1.807) is 12.1 Å². The van der Waals surface area contributed by atoms with Crippen LogP contribution in [-0.4, -0.2) is 24.0 Å². The van der Waals surface area contributed by atoms with Gasteiger partial charge in [0.1, 0.15) is 5.82 Å². The minimum absolute atomic E-state index is 0.0955. The van der Waals surface area contributed by atoms with Crippen LogP contribution in [0, 0.1) is 5.82 Å². The number of piperidine rings is 1. The van der Waals surface area contributed by atoms with Crippen molar-refractivity contribution >= 4 is 0 Å². The standard InChI is InChI=1S/C19H23FN2/c20-19-11-5-4-9-17(19)14-22-12-6-10-18(15-22)21-13-16-7-2-1-3-8-16/h1-5,7-9,11,18,21H,6,10,12-15H2. The highest BCUT2D eigenvalue weighted by molar-refractivity contribution is 5.17. The summed E-state index contributed by atoms with van der Waals surface area (Å²) in [5.74, 6) is -0.0955. The second-order valence-corrected chi connectivity index (χ2v) is 6.03. The number of nitrogens with one attached hydrogen (secondary N) is 1. The van der Waals surface area contributed by atoms with Crippen molar-refractivity contribution in [3.05, 3.63) is 71.5 Å². The summed E-state index contributed by atoms with van der Waals surface area (Å²) >= 11 is 0. The van der Waals surface area contributed by atoms with Gasteiger partial charge in [0.2, 0.25) is 0 Å². The summed E-state index contributed by atoms with van der Waals surface area (Å²) in [4.78, 5) is 2.35. The Morgan fingerprint density at radius 3 is 2.64 bits per heavy atom. The Bertz CT molecular complexity index is 585. The number of nitrogens with zero attached hydrogens (tertiary/aromatic N) is 1. The Morgan fingerprint density at radius 2 is 1.82 bits per heavy atom. The van der Waals surface area contributed by atoms with E-state index in [2.05, 4.69) is 34.5 Å². The monoisotopic (exact) mass is 298 g/mol. The predicted molar refractivity (Wildman–Crippen MR) is 88.0 cm³/mol. The summed E-state index contributed by atoms with van der Waals surface area (Å²) in [6.45, 7) is 3.65. The molecule has 1 N–H and O–H groups in total. The lowest BCUT2D eigenvalue weighted by Gasteiger charge is -2.33. The Hall–Kier alpha value is -1.71. The van der Waals surface area contributed by atoms with Crippen LogP contribution in [0.3, 0.4) is 0 Å². The Balaban J connectivity index is 1.52. The number of likely N-dealkylation sites (tertiary alicyclic amines) is 1. The second-order valence-electron chi connectivity index (χ2n) is 6.03. The highest BCUT2D eigenvalue weighted by Gasteiger charge is 2.20. The average molecular weight is 298 g/mol. The van der Waals surface area contributed by atoms with Crippen LogP contribution >= 0.6 is 0 Å². The van der Waals surface area contributed by atoms with E-state index in [1.165, 1.54) is 18.4 Å². The highest BCUT2D eigenvalue weighted by atomic mass is 19.1. The molecule has 0 radical (unpaired) electrons. The van der Waals surface area contributed by atoms with Crippen molar-refractivity contribution in [2.24, 2.45) is 0 Å². The number of halogens is 1. The summed E-state index contributed by atoms with van der Waals surface area (Å²) in [6, 6.07) is 18.1. The number of benzene rings is 2. The van der Waals surface area contributed by atoms with E-state index >= 15 is 0 Å². The van der Waals surface area contributed by atoms with E-state index in [0.717, 1.165) is 25.2 Å². The van der Waals surface area contributed by atoms with E-state index in [1.807, 2.05) is 18.2 Å². The minimum atomic E-state index is -0.0955. The molecule has 0 aromatic heterocycles. The fraction of sp³-hybridized carbons (Fsp3) is 0.368. The Morgan fingerprint density at radius 1 is 1.05 bits per heavy atom. The van der Waals surface area contributed by atoms with Crippen molar-refractivity contribution in [2.75, 3.05) is 13.1 Å². The molecule has 1 aliphatic heterocycles. The molecule has 0 saturated carbocycles. The van der Waals surface area contributed by atoms with Gasteiger partial charge in [0.05, 0.1) is 0 Å². The number of rotatable bonds is 5. The van der Waals surface area contributed by atoms with Gasteiger partial charge in [0.15, 0.2) is 0 Å². The van der Waals surface area contributed by atoms with Gasteiger partial charge < -0.3 is 5.32 Å². The maximum atomic E-state index is 13.8. The maximum absolute atomic E-state index is 13.8. The third-order valence-electron chi connectivity index (χ3n) is 4.29. The Kier molecular flexibility index (Phi) is 5.20. The molecular formula is C19H23FN2. The molecular weight excluding hydrogens is 275 g/mol. The zero-order chi connectivity index (χ0) is 15.2. The molecule has 2 aromatic carbocycles. The smallest absolute Gasteiger partial charge is 0.127 e. The van der Waals surface area contributed by atoms with Gasteiger partial charge in [-0.05, 0) is 31.0 Å². The first-order valence-corrected chi connectivity index (χ1v) is 8.04. The van der Waals surface area contributed by atoms with Crippen LogP contribution in [0.5, 0.6) is 0 Å². The van der Waals surface area contributed by atoms with Gasteiger partial charge in [-0.3, -0.25) is 4.90 Å². The van der Waals surface area contributed by atoms with Gasteiger partial charge in [-0.2, -0.15) is 0 Å². The topological polar surface area (TPSA) is 15.3 Å². The van der Waals surface area contributed by atoms with E-state index < -0.39 is 0 Å². The molecule has 2 aromatic rings. The van der Waals surface area contributed by atoms with Crippen LogP contribution in [0.25, 0.3) is 0 Å². The van der Waals surface area contributed by atoms with Gasteiger partial charge in [-0.15, -0.1) is 0 Å². The van der Waals surface area contributed by atoms with Crippen molar-refractivity contribution in [1.82, 2.24) is 10.2 Å². The van der Waals surface area contributed by atoms with E-state index in [4.69, 9.17) is 0 Å².